The first-order chi connectivity index (χ1) is 13.7. The molecule has 28 heavy (non-hydrogen) atoms. The number of thiophene rings is 1. The van der Waals surface area contributed by atoms with Crippen LogP contribution in [-0.2, 0) is 6.54 Å². The van der Waals surface area contributed by atoms with Crippen LogP contribution in [0.3, 0.4) is 0 Å². The lowest BCUT2D eigenvalue weighted by molar-refractivity contribution is 0.420. The molecule has 0 aliphatic heterocycles. The maximum atomic E-state index is 10.5. The number of imidazole rings is 1. The Labute approximate surface area is 169 Å². The highest BCUT2D eigenvalue weighted by molar-refractivity contribution is 7.99. The lowest BCUT2D eigenvalue weighted by atomic mass is 10.2. The van der Waals surface area contributed by atoms with E-state index < -0.39 is 0 Å². The number of nitrogens with zero attached hydrogens (tertiary/aromatic N) is 5. The number of H-pyrrole nitrogens is 1. The van der Waals surface area contributed by atoms with E-state index in [4.69, 9.17) is 0 Å². The summed E-state index contributed by atoms with van der Waals surface area (Å²) in [6.45, 7) is 2.73. The summed E-state index contributed by atoms with van der Waals surface area (Å²) in [5.74, 6) is 1.32. The van der Waals surface area contributed by atoms with Gasteiger partial charge in [-0.3, -0.25) is 0 Å². The quantitative estimate of drug-likeness (QED) is 0.277. The molecule has 0 spiro atoms. The molecule has 0 radical (unpaired) electrons. The zero-order chi connectivity index (χ0) is 19.5. The summed E-state index contributed by atoms with van der Waals surface area (Å²) in [7, 11) is 0. The number of thioether (sulfide) groups is 1. The molecule has 7 nitrogen and oxygen atoms in total. The van der Waals surface area contributed by atoms with Gasteiger partial charge in [0.05, 0.1) is 21.7 Å². The van der Waals surface area contributed by atoms with Crippen LogP contribution in [0, 0.1) is 11.3 Å². The number of aliphatic hydroxyl groups is 1. The molecule has 0 fully saturated rings. The average molecular weight is 409 g/mol. The molecule has 0 atom stereocenters. The summed E-state index contributed by atoms with van der Waals surface area (Å²) in [5, 5.41) is 31.3. The van der Waals surface area contributed by atoms with Crippen molar-refractivity contribution in [2.24, 2.45) is 0 Å². The molecule has 3 heterocycles. The smallest absolute Gasteiger partial charge is 0.191 e. The number of nitrogens with one attached hydrogen (secondary N) is 1. The minimum absolute atomic E-state index is 0.0464. The lowest BCUT2D eigenvalue weighted by Gasteiger charge is -2.06. The fourth-order valence-corrected chi connectivity index (χ4v) is 4.40. The number of allylic oxidation sites excluding steroid dienone is 1. The van der Waals surface area contributed by atoms with E-state index in [0.29, 0.717) is 17.5 Å². The number of nitriles is 1. The van der Waals surface area contributed by atoms with E-state index >= 15 is 0 Å². The molecule has 1 aromatic carbocycles. The van der Waals surface area contributed by atoms with Crippen LogP contribution in [0.25, 0.3) is 27.3 Å². The molecule has 0 saturated carbocycles. The molecular weight excluding hydrogens is 392 g/mol. The second-order valence-electron chi connectivity index (χ2n) is 5.85. The number of benzene rings is 1. The summed E-state index contributed by atoms with van der Waals surface area (Å²) in [6, 6.07) is 13.5. The Kier molecular flexibility index (Phi) is 5.14. The van der Waals surface area contributed by atoms with Crippen LogP contribution in [0.1, 0.15) is 12.7 Å². The van der Waals surface area contributed by atoms with Gasteiger partial charge in [-0.1, -0.05) is 30.0 Å². The molecular formula is C19H16N6OS2. The second kappa shape index (κ2) is 7.88. The summed E-state index contributed by atoms with van der Waals surface area (Å²) in [5.41, 5.74) is 1.69. The zero-order valence-electron chi connectivity index (χ0n) is 15.0. The number of fused-ring (bicyclic) bond motifs is 1. The number of aliphatic hydroxyl groups excluding tert-OH is 1. The van der Waals surface area contributed by atoms with Gasteiger partial charge in [-0.25, -0.2) is 4.98 Å². The first kappa shape index (κ1) is 18.3. The lowest BCUT2D eigenvalue weighted by Crippen LogP contribution is -2.01. The van der Waals surface area contributed by atoms with Gasteiger partial charge in [0, 0.05) is 6.54 Å². The third kappa shape index (κ3) is 3.40. The van der Waals surface area contributed by atoms with Crippen molar-refractivity contribution in [2.75, 3.05) is 5.75 Å². The Hall–Kier alpha value is -3.09. The number of hydrogen-bond acceptors (Lipinski definition) is 7. The average Bonchev–Trinajstić information content (AvgIpc) is 3.44. The van der Waals surface area contributed by atoms with Crippen molar-refractivity contribution in [2.45, 2.75) is 18.6 Å². The SMILES string of the molecule is CCn1c(SC/C(O)=C(\C#N)c2nc3ccccc3[nH]2)nnc1-c1cccs1. The summed E-state index contributed by atoms with van der Waals surface area (Å²) >= 11 is 2.94. The molecule has 0 amide bonds. The molecule has 4 aromatic rings. The van der Waals surface area contributed by atoms with Gasteiger partial charge in [0.2, 0.25) is 0 Å². The molecule has 140 valence electrons. The number of hydrogen-bond donors (Lipinski definition) is 2. The highest BCUT2D eigenvalue weighted by atomic mass is 32.2. The molecule has 3 aromatic heterocycles. The number of rotatable bonds is 6. The predicted octanol–water partition coefficient (Wildman–Crippen LogP) is 4.49. The minimum atomic E-state index is -0.0464. The Morgan fingerprint density at radius 3 is 2.86 bits per heavy atom. The van der Waals surface area contributed by atoms with E-state index in [1.807, 2.05) is 53.3 Å². The van der Waals surface area contributed by atoms with E-state index in [9.17, 15) is 10.4 Å². The molecule has 9 heteroatoms. The van der Waals surface area contributed by atoms with E-state index in [1.165, 1.54) is 11.8 Å². The Bertz CT molecular complexity index is 1150. The fourth-order valence-electron chi connectivity index (χ4n) is 2.80. The van der Waals surface area contributed by atoms with E-state index in [-0.39, 0.29) is 17.1 Å². The van der Waals surface area contributed by atoms with Crippen LogP contribution in [0.2, 0.25) is 0 Å². The van der Waals surface area contributed by atoms with Crippen LogP contribution >= 0.6 is 23.1 Å². The number of aromatic amines is 1. The van der Waals surface area contributed by atoms with Gasteiger partial charge in [0.1, 0.15) is 17.4 Å². The van der Waals surface area contributed by atoms with Crippen molar-refractivity contribution in [3.05, 3.63) is 53.4 Å². The van der Waals surface area contributed by atoms with Gasteiger partial charge in [0.25, 0.3) is 0 Å². The molecule has 0 aliphatic rings. The van der Waals surface area contributed by atoms with Crippen molar-refractivity contribution in [3.63, 3.8) is 0 Å². The molecule has 2 N–H and O–H groups in total. The van der Waals surface area contributed by atoms with E-state index in [1.54, 1.807) is 11.3 Å². The first-order valence-electron chi connectivity index (χ1n) is 8.58. The fraction of sp³-hybridized carbons (Fsp3) is 0.158. The Morgan fingerprint density at radius 1 is 1.29 bits per heavy atom. The van der Waals surface area contributed by atoms with E-state index in [2.05, 4.69) is 26.2 Å². The summed E-state index contributed by atoms with van der Waals surface area (Å²) in [4.78, 5) is 8.52. The Balaban J connectivity index is 1.59. The highest BCUT2D eigenvalue weighted by Crippen LogP contribution is 2.29. The van der Waals surface area contributed by atoms with Gasteiger partial charge < -0.3 is 14.7 Å². The standard InChI is InChI=1S/C19H16N6OS2/c1-2-25-18(16-8-5-9-27-16)23-24-19(25)28-11-15(26)12(10-20)17-21-13-6-3-4-7-14(13)22-17/h3-9,26H,2,11H2,1H3,(H,21,22)/b15-12-. The van der Waals surface area contributed by atoms with Crippen molar-refractivity contribution in [1.29, 1.82) is 5.26 Å². The predicted molar refractivity (Wildman–Crippen MR) is 111 cm³/mol. The largest absolute Gasteiger partial charge is 0.510 e. The Morgan fingerprint density at radius 2 is 2.14 bits per heavy atom. The minimum Gasteiger partial charge on any atom is -0.510 e. The van der Waals surface area contributed by atoms with Crippen molar-refractivity contribution in [3.8, 4) is 16.8 Å². The number of para-hydroxylation sites is 2. The third-order valence-corrected chi connectivity index (χ3v) is 5.98. The first-order valence-corrected chi connectivity index (χ1v) is 10.4. The topological polar surface area (TPSA) is 103 Å². The molecule has 0 saturated heterocycles. The maximum absolute atomic E-state index is 10.5. The second-order valence-corrected chi connectivity index (χ2v) is 7.74. The third-order valence-electron chi connectivity index (χ3n) is 4.14. The molecule has 0 aliphatic carbocycles. The number of aromatic nitrogens is 5. The van der Waals surface area contributed by atoms with Crippen LogP contribution < -0.4 is 0 Å². The normalized spacial score (nSPS) is 12.1. The van der Waals surface area contributed by atoms with Crippen molar-refractivity contribution < 1.29 is 5.11 Å². The van der Waals surface area contributed by atoms with Crippen LogP contribution in [-0.4, -0.2) is 35.6 Å². The monoisotopic (exact) mass is 408 g/mol. The zero-order valence-corrected chi connectivity index (χ0v) is 16.6. The van der Waals surface area contributed by atoms with Gasteiger partial charge in [-0.05, 0) is 30.5 Å². The van der Waals surface area contributed by atoms with E-state index in [0.717, 1.165) is 21.7 Å². The van der Waals surface area contributed by atoms with Crippen molar-refractivity contribution in [1.82, 2.24) is 24.7 Å². The van der Waals surface area contributed by atoms with Crippen LogP contribution in [0.15, 0.2) is 52.7 Å². The van der Waals surface area contributed by atoms with Crippen LogP contribution in [0.4, 0.5) is 0 Å². The molecule has 4 rings (SSSR count). The van der Waals surface area contributed by atoms with Gasteiger partial charge in [-0.15, -0.1) is 21.5 Å². The summed E-state index contributed by atoms with van der Waals surface area (Å²) < 4.78 is 2.00. The highest BCUT2D eigenvalue weighted by Gasteiger charge is 2.17. The van der Waals surface area contributed by atoms with Gasteiger partial charge >= 0.3 is 0 Å². The van der Waals surface area contributed by atoms with Gasteiger partial charge in [0.15, 0.2) is 16.8 Å². The maximum Gasteiger partial charge on any atom is 0.191 e. The van der Waals surface area contributed by atoms with Crippen molar-refractivity contribution >= 4 is 39.7 Å². The van der Waals surface area contributed by atoms with Crippen LogP contribution in [0.5, 0.6) is 0 Å². The van der Waals surface area contributed by atoms with Gasteiger partial charge in [-0.2, -0.15) is 5.26 Å². The summed E-state index contributed by atoms with van der Waals surface area (Å²) in [6.07, 6.45) is 0. The molecule has 0 unspecified atom stereocenters. The molecule has 0 bridgehead atoms.